The molecule has 2 amide bonds. The highest BCUT2D eigenvalue weighted by molar-refractivity contribution is 5.80. The maximum Gasteiger partial charge on any atom is 0.243 e. The van der Waals surface area contributed by atoms with E-state index in [0.717, 1.165) is 63.3 Å². The fourth-order valence-corrected chi connectivity index (χ4v) is 4.49. The first-order valence-corrected chi connectivity index (χ1v) is 10.6. The Morgan fingerprint density at radius 2 is 1.86 bits per heavy atom. The van der Waals surface area contributed by atoms with Crippen LogP contribution in [0.25, 0.3) is 0 Å². The molecule has 0 spiro atoms. The number of fused-ring (bicyclic) bond motifs is 1. The van der Waals surface area contributed by atoms with Gasteiger partial charge in [0.25, 0.3) is 0 Å². The summed E-state index contributed by atoms with van der Waals surface area (Å²) < 4.78 is 2.07. The van der Waals surface area contributed by atoms with Gasteiger partial charge in [0.15, 0.2) is 0 Å². The highest BCUT2D eigenvalue weighted by Crippen LogP contribution is 2.33. The molecule has 0 aliphatic carbocycles. The van der Waals surface area contributed by atoms with E-state index >= 15 is 0 Å². The van der Waals surface area contributed by atoms with Crippen LogP contribution in [0.5, 0.6) is 0 Å². The van der Waals surface area contributed by atoms with Gasteiger partial charge in [-0.05, 0) is 37.7 Å². The van der Waals surface area contributed by atoms with Gasteiger partial charge >= 0.3 is 0 Å². The molecule has 4 rings (SSSR count). The minimum Gasteiger partial charge on any atom is -0.354 e. The average Bonchev–Trinajstić information content (AvgIpc) is 3.34. The number of carbonyl (C=O) groups is 2. The number of rotatable bonds is 6. The number of nitrogens with one attached hydrogen (secondary N) is 1. The van der Waals surface area contributed by atoms with Crippen LogP contribution < -0.4 is 5.32 Å². The summed E-state index contributed by atoms with van der Waals surface area (Å²) >= 11 is 0. The molecule has 0 radical (unpaired) electrons. The van der Waals surface area contributed by atoms with Gasteiger partial charge in [0, 0.05) is 38.9 Å². The summed E-state index contributed by atoms with van der Waals surface area (Å²) in [6.07, 6.45) is 5.22. The zero-order chi connectivity index (χ0) is 20.2. The largest absolute Gasteiger partial charge is 0.354 e. The van der Waals surface area contributed by atoms with Gasteiger partial charge in [-0.1, -0.05) is 30.3 Å². The third-order valence-corrected chi connectivity index (χ3v) is 6.14. The maximum absolute atomic E-state index is 12.9. The molecule has 1 aromatic carbocycles. The van der Waals surface area contributed by atoms with Gasteiger partial charge in [0.1, 0.15) is 17.7 Å². The van der Waals surface area contributed by atoms with Crippen LogP contribution in [0.15, 0.2) is 30.3 Å². The number of aryl methyl sites for hydroxylation is 2. The van der Waals surface area contributed by atoms with Crippen molar-refractivity contribution in [3.63, 3.8) is 0 Å². The third-order valence-electron chi connectivity index (χ3n) is 6.14. The topological polar surface area (TPSA) is 80.1 Å². The number of nitrogens with zero attached hydrogens (tertiary/aromatic N) is 4. The molecule has 29 heavy (non-hydrogen) atoms. The highest BCUT2D eigenvalue weighted by Gasteiger charge is 2.35. The molecule has 2 aromatic rings. The number of piperidine rings is 1. The van der Waals surface area contributed by atoms with Gasteiger partial charge < -0.3 is 14.8 Å². The monoisotopic (exact) mass is 395 g/mol. The number of carbonyl (C=O) groups excluding carboxylic acids is 2. The lowest BCUT2D eigenvalue weighted by molar-refractivity contribution is -0.129. The summed E-state index contributed by atoms with van der Waals surface area (Å²) in [4.78, 5) is 26.3. The Morgan fingerprint density at radius 3 is 2.59 bits per heavy atom. The van der Waals surface area contributed by atoms with Crippen LogP contribution >= 0.6 is 0 Å². The SMILES string of the molecule is CC(=O)N1CCC(c2nnc3n2C(C(=O)NCCCc2ccccc2)CC3)CC1. The minimum absolute atomic E-state index is 0.0685. The van der Waals surface area contributed by atoms with Gasteiger partial charge in [-0.3, -0.25) is 9.59 Å². The summed E-state index contributed by atoms with van der Waals surface area (Å²) in [5, 5.41) is 11.9. The van der Waals surface area contributed by atoms with E-state index in [4.69, 9.17) is 0 Å². The molecule has 2 aliphatic heterocycles. The summed E-state index contributed by atoms with van der Waals surface area (Å²) in [5.41, 5.74) is 1.29. The van der Waals surface area contributed by atoms with Crippen molar-refractivity contribution in [1.82, 2.24) is 25.0 Å². The molecule has 1 aromatic heterocycles. The number of aromatic nitrogens is 3. The number of hydrogen-bond donors (Lipinski definition) is 1. The molecule has 1 N–H and O–H groups in total. The summed E-state index contributed by atoms with van der Waals surface area (Å²) in [7, 11) is 0. The molecule has 0 bridgehead atoms. The second kappa shape index (κ2) is 8.76. The molecule has 7 heteroatoms. The Balaban J connectivity index is 1.34. The van der Waals surface area contributed by atoms with E-state index in [9.17, 15) is 9.59 Å². The van der Waals surface area contributed by atoms with Gasteiger partial charge in [0.2, 0.25) is 11.8 Å². The second-order valence-electron chi connectivity index (χ2n) is 8.06. The van der Waals surface area contributed by atoms with E-state index in [2.05, 4.69) is 32.2 Å². The highest BCUT2D eigenvalue weighted by atomic mass is 16.2. The van der Waals surface area contributed by atoms with Crippen LogP contribution in [-0.4, -0.2) is 51.1 Å². The molecular weight excluding hydrogens is 366 g/mol. The lowest BCUT2D eigenvalue weighted by Crippen LogP contribution is -2.37. The van der Waals surface area contributed by atoms with Gasteiger partial charge in [-0.15, -0.1) is 10.2 Å². The second-order valence-corrected chi connectivity index (χ2v) is 8.06. The lowest BCUT2D eigenvalue weighted by atomic mass is 9.95. The quantitative estimate of drug-likeness (QED) is 0.761. The van der Waals surface area contributed by atoms with Crippen LogP contribution in [0.1, 0.15) is 61.8 Å². The van der Waals surface area contributed by atoms with Crippen molar-refractivity contribution in [1.29, 1.82) is 0 Å². The van der Waals surface area contributed by atoms with Crippen molar-refractivity contribution >= 4 is 11.8 Å². The van der Waals surface area contributed by atoms with Gasteiger partial charge in [-0.25, -0.2) is 0 Å². The predicted molar refractivity (Wildman–Crippen MR) is 109 cm³/mol. The van der Waals surface area contributed by atoms with Crippen LogP contribution in [-0.2, 0) is 22.4 Å². The number of benzene rings is 1. The number of hydrogen-bond acceptors (Lipinski definition) is 4. The molecule has 7 nitrogen and oxygen atoms in total. The lowest BCUT2D eigenvalue weighted by Gasteiger charge is -2.31. The van der Waals surface area contributed by atoms with E-state index in [1.54, 1.807) is 6.92 Å². The van der Waals surface area contributed by atoms with Crippen LogP contribution in [0, 0.1) is 0 Å². The molecule has 1 atom stereocenters. The van der Waals surface area contributed by atoms with Crippen molar-refractivity contribution in [2.24, 2.45) is 0 Å². The minimum atomic E-state index is -0.211. The third kappa shape index (κ3) is 4.33. The fraction of sp³-hybridized carbons (Fsp3) is 0.545. The van der Waals surface area contributed by atoms with E-state index in [1.165, 1.54) is 5.56 Å². The van der Waals surface area contributed by atoms with Gasteiger partial charge in [0.05, 0.1) is 0 Å². The first-order valence-electron chi connectivity index (χ1n) is 10.6. The molecule has 1 unspecified atom stereocenters. The van der Waals surface area contributed by atoms with Crippen molar-refractivity contribution in [3.8, 4) is 0 Å². The molecular formula is C22H29N5O2. The predicted octanol–water partition coefficient (Wildman–Crippen LogP) is 2.24. The van der Waals surface area contributed by atoms with E-state index in [-0.39, 0.29) is 23.8 Å². The van der Waals surface area contributed by atoms with Crippen molar-refractivity contribution < 1.29 is 9.59 Å². The first-order chi connectivity index (χ1) is 14.1. The molecule has 0 saturated carbocycles. The average molecular weight is 396 g/mol. The van der Waals surface area contributed by atoms with Gasteiger partial charge in [-0.2, -0.15) is 0 Å². The Kier molecular flexibility index (Phi) is 5.92. The Bertz CT molecular complexity index is 855. The zero-order valence-corrected chi connectivity index (χ0v) is 17.0. The summed E-state index contributed by atoms with van der Waals surface area (Å²) in [6.45, 7) is 3.79. The fourth-order valence-electron chi connectivity index (χ4n) is 4.49. The van der Waals surface area contributed by atoms with Crippen LogP contribution in [0.4, 0.5) is 0 Å². The first kappa shape index (κ1) is 19.6. The Labute approximate surface area is 171 Å². The summed E-state index contributed by atoms with van der Waals surface area (Å²) in [6, 6.07) is 10.1. The van der Waals surface area contributed by atoms with Crippen molar-refractivity contribution in [2.75, 3.05) is 19.6 Å². The van der Waals surface area contributed by atoms with E-state index in [0.29, 0.717) is 6.54 Å². The molecule has 1 fully saturated rings. The van der Waals surface area contributed by atoms with Crippen LogP contribution in [0.2, 0.25) is 0 Å². The van der Waals surface area contributed by atoms with E-state index < -0.39 is 0 Å². The molecule has 154 valence electrons. The molecule has 2 aliphatic rings. The van der Waals surface area contributed by atoms with Crippen molar-refractivity contribution in [3.05, 3.63) is 47.5 Å². The van der Waals surface area contributed by atoms with E-state index in [1.807, 2.05) is 23.1 Å². The van der Waals surface area contributed by atoms with Crippen molar-refractivity contribution in [2.45, 2.75) is 57.4 Å². The zero-order valence-electron chi connectivity index (χ0n) is 17.0. The Morgan fingerprint density at radius 1 is 1.10 bits per heavy atom. The smallest absolute Gasteiger partial charge is 0.243 e. The standard InChI is InChI=1S/C22H29N5O2/c1-16(28)26-14-11-18(12-15-26)21-25-24-20-10-9-19(27(20)21)22(29)23-13-5-8-17-6-3-2-4-7-17/h2-4,6-7,18-19H,5,8-15H2,1H3,(H,23,29). The number of likely N-dealkylation sites (tertiary alicyclic amines) is 1. The maximum atomic E-state index is 12.9. The molecule has 3 heterocycles. The Hall–Kier alpha value is -2.70. The number of amides is 2. The van der Waals surface area contributed by atoms with Crippen LogP contribution in [0.3, 0.4) is 0 Å². The summed E-state index contributed by atoms with van der Waals surface area (Å²) in [5.74, 6) is 2.30. The molecule has 1 saturated heterocycles. The normalized spacial score (nSPS) is 19.2.